The Kier molecular flexibility index (Phi) is 2.94. The number of hydrogen-bond acceptors (Lipinski definition) is 4. The first-order valence-corrected chi connectivity index (χ1v) is 3.61. The normalized spacial score (nSPS) is 10.2. The number of aliphatic hydroxyl groups excluding tert-OH is 1. The van der Waals surface area contributed by atoms with Crippen LogP contribution in [-0.2, 0) is 6.61 Å². The van der Waals surface area contributed by atoms with Crippen LogP contribution in [0.1, 0.15) is 23.2 Å². The first-order valence-electron chi connectivity index (χ1n) is 3.61. The third-order valence-electron chi connectivity index (χ3n) is 1.67. The van der Waals surface area contributed by atoms with Crippen LogP contribution in [0.3, 0.4) is 0 Å². The molecule has 0 spiro atoms. The molecule has 1 aromatic rings. The highest BCUT2D eigenvalue weighted by Gasteiger charge is 2.21. The molecule has 0 radical (unpaired) electrons. The summed E-state index contributed by atoms with van der Waals surface area (Å²) in [4.78, 5) is 3.41. The first kappa shape index (κ1) is 10.3. The van der Waals surface area contributed by atoms with Crippen LogP contribution < -0.4 is 0 Å². The summed E-state index contributed by atoms with van der Waals surface area (Å²) in [5.74, 6) is -0.867. The van der Waals surface area contributed by atoms with Crippen molar-refractivity contribution in [3.63, 3.8) is 0 Å². The summed E-state index contributed by atoms with van der Waals surface area (Å²) in [5.41, 5.74) is -1.40. The summed E-state index contributed by atoms with van der Waals surface area (Å²) in [6.07, 6.45) is -2.01. The third-order valence-corrected chi connectivity index (χ3v) is 1.67. The molecule has 74 valence electrons. The Bertz CT molecular complexity index is 388. The van der Waals surface area contributed by atoms with Crippen molar-refractivity contribution in [2.75, 3.05) is 0 Å². The van der Waals surface area contributed by atoms with E-state index in [9.17, 15) is 13.9 Å². The van der Waals surface area contributed by atoms with Gasteiger partial charge >= 0.3 is 0 Å². The zero-order chi connectivity index (χ0) is 10.7. The SMILES string of the molecule is N#Cc1ncc(CO)c(C(F)F)c1O. The molecule has 4 nitrogen and oxygen atoms in total. The molecule has 0 saturated heterocycles. The van der Waals surface area contributed by atoms with Gasteiger partial charge in [0.05, 0.1) is 12.2 Å². The van der Waals surface area contributed by atoms with Gasteiger partial charge in [-0.05, 0) is 0 Å². The Morgan fingerprint density at radius 2 is 2.21 bits per heavy atom. The van der Waals surface area contributed by atoms with Crippen molar-refractivity contribution in [2.24, 2.45) is 0 Å². The smallest absolute Gasteiger partial charge is 0.267 e. The Morgan fingerprint density at radius 3 is 2.64 bits per heavy atom. The maximum atomic E-state index is 12.4. The van der Waals surface area contributed by atoms with Crippen molar-refractivity contribution in [1.29, 1.82) is 5.26 Å². The Morgan fingerprint density at radius 1 is 1.57 bits per heavy atom. The molecular weight excluding hydrogens is 194 g/mol. The molecule has 0 aliphatic heterocycles. The number of hydrogen-bond donors (Lipinski definition) is 2. The Balaban J connectivity index is 3.41. The number of aliphatic hydroxyl groups is 1. The van der Waals surface area contributed by atoms with Gasteiger partial charge in [0, 0.05) is 11.8 Å². The van der Waals surface area contributed by atoms with Gasteiger partial charge in [-0.2, -0.15) is 5.26 Å². The topological polar surface area (TPSA) is 77.1 Å². The predicted molar refractivity (Wildman–Crippen MR) is 41.5 cm³/mol. The molecule has 0 aliphatic carbocycles. The number of nitriles is 1. The third kappa shape index (κ3) is 1.63. The highest BCUT2D eigenvalue weighted by molar-refractivity contribution is 5.46. The van der Waals surface area contributed by atoms with Gasteiger partial charge in [-0.25, -0.2) is 13.8 Å². The molecular formula is C8H6F2N2O2. The monoisotopic (exact) mass is 200 g/mol. The molecule has 0 unspecified atom stereocenters. The zero-order valence-corrected chi connectivity index (χ0v) is 6.91. The van der Waals surface area contributed by atoms with Gasteiger partial charge in [0.25, 0.3) is 6.43 Å². The lowest BCUT2D eigenvalue weighted by Crippen LogP contribution is -1.99. The van der Waals surface area contributed by atoms with E-state index in [2.05, 4.69) is 4.98 Å². The second kappa shape index (κ2) is 3.98. The van der Waals surface area contributed by atoms with E-state index in [4.69, 9.17) is 10.4 Å². The van der Waals surface area contributed by atoms with Crippen molar-refractivity contribution in [3.05, 3.63) is 23.0 Å². The average molecular weight is 200 g/mol. The van der Waals surface area contributed by atoms with E-state index in [0.29, 0.717) is 0 Å². The van der Waals surface area contributed by atoms with E-state index in [0.717, 1.165) is 6.20 Å². The fourth-order valence-electron chi connectivity index (χ4n) is 1.00. The fraction of sp³-hybridized carbons (Fsp3) is 0.250. The van der Waals surface area contributed by atoms with Gasteiger partial charge in [0.15, 0.2) is 11.4 Å². The molecule has 1 heterocycles. The van der Waals surface area contributed by atoms with Crippen LogP contribution in [0.15, 0.2) is 6.20 Å². The number of pyridine rings is 1. The maximum absolute atomic E-state index is 12.4. The molecule has 14 heavy (non-hydrogen) atoms. The van der Waals surface area contributed by atoms with Gasteiger partial charge in [-0.3, -0.25) is 0 Å². The van der Waals surface area contributed by atoms with Crippen LogP contribution >= 0.6 is 0 Å². The molecule has 0 fully saturated rings. The van der Waals surface area contributed by atoms with Crippen LogP contribution in [-0.4, -0.2) is 15.2 Å². The maximum Gasteiger partial charge on any atom is 0.267 e. The number of rotatable bonds is 2. The fourth-order valence-corrected chi connectivity index (χ4v) is 1.00. The predicted octanol–water partition coefficient (Wildman–Crippen LogP) is 1.09. The van der Waals surface area contributed by atoms with E-state index < -0.39 is 30.0 Å². The van der Waals surface area contributed by atoms with Gasteiger partial charge in [0.2, 0.25) is 0 Å². The van der Waals surface area contributed by atoms with Gasteiger partial charge in [-0.1, -0.05) is 0 Å². The summed E-state index contributed by atoms with van der Waals surface area (Å²) in [7, 11) is 0. The molecule has 0 aliphatic rings. The number of alkyl halides is 2. The second-order valence-electron chi connectivity index (χ2n) is 2.46. The minimum atomic E-state index is -2.95. The van der Waals surface area contributed by atoms with Crippen molar-refractivity contribution >= 4 is 0 Å². The molecule has 0 saturated carbocycles. The number of aromatic hydroxyl groups is 1. The first-order chi connectivity index (χ1) is 6.61. The minimum absolute atomic E-state index is 0.184. The summed E-state index contributed by atoms with van der Waals surface area (Å²) < 4.78 is 24.8. The van der Waals surface area contributed by atoms with Crippen molar-refractivity contribution in [2.45, 2.75) is 13.0 Å². The lowest BCUT2D eigenvalue weighted by Gasteiger charge is -2.08. The van der Waals surface area contributed by atoms with Crippen LogP contribution in [0.25, 0.3) is 0 Å². The molecule has 0 amide bonds. The summed E-state index contributed by atoms with van der Waals surface area (Å²) in [6, 6.07) is 1.47. The summed E-state index contributed by atoms with van der Waals surface area (Å²) in [5, 5.41) is 26.3. The lowest BCUT2D eigenvalue weighted by atomic mass is 10.1. The lowest BCUT2D eigenvalue weighted by molar-refractivity contribution is 0.142. The van der Waals surface area contributed by atoms with Gasteiger partial charge in [-0.15, -0.1) is 0 Å². The molecule has 6 heteroatoms. The van der Waals surface area contributed by atoms with E-state index in [1.807, 2.05) is 0 Å². The second-order valence-corrected chi connectivity index (χ2v) is 2.46. The van der Waals surface area contributed by atoms with Crippen molar-refractivity contribution in [1.82, 2.24) is 4.98 Å². The van der Waals surface area contributed by atoms with Crippen LogP contribution in [0, 0.1) is 11.3 Å². The Hall–Kier alpha value is -1.74. The Labute approximate surface area is 78.1 Å². The highest BCUT2D eigenvalue weighted by Crippen LogP contribution is 2.32. The zero-order valence-electron chi connectivity index (χ0n) is 6.91. The highest BCUT2D eigenvalue weighted by atomic mass is 19.3. The average Bonchev–Trinajstić information content (AvgIpc) is 2.16. The standard InChI is InChI=1S/C8H6F2N2O2/c9-8(10)6-4(3-13)2-12-5(1-11)7(6)14/h2,8,13-14H,3H2. The number of halogens is 2. The van der Waals surface area contributed by atoms with E-state index in [1.165, 1.54) is 6.07 Å². The summed E-state index contributed by atoms with van der Waals surface area (Å²) >= 11 is 0. The molecule has 0 atom stereocenters. The molecule has 0 aromatic carbocycles. The molecule has 1 rings (SSSR count). The molecule has 2 N–H and O–H groups in total. The van der Waals surface area contributed by atoms with Crippen LogP contribution in [0.5, 0.6) is 5.75 Å². The minimum Gasteiger partial charge on any atom is -0.505 e. The summed E-state index contributed by atoms with van der Waals surface area (Å²) in [6.45, 7) is -0.661. The number of nitrogens with zero attached hydrogens (tertiary/aromatic N) is 2. The molecule has 0 bridgehead atoms. The van der Waals surface area contributed by atoms with E-state index in [-0.39, 0.29) is 5.56 Å². The van der Waals surface area contributed by atoms with Crippen molar-refractivity contribution in [3.8, 4) is 11.8 Å². The molecule has 1 aromatic heterocycles. The largest absolute Gasteiger partial charge is 0.505 e. The quantitative estimate of drug-likeness (QED) is 0.749. The van der Waals surface area contributed by atoms with Gasteiger partial charge < -0.3 is 10.2 Å². The van der Waals surface area contributed by atoms with Gasteiger partial charge in [0.1, 0.15) is 6.07 Å². The van der Waals surface area contributed by atoms with E-state index >= 15 is 0 Å². The van der Waals surface area contributed by atoms with Crippen molar-refractivity contribution < 1.29 is 19.0 Å². The van der Waals surface area contributed by atoms with E-state index in [1.54, 1.807) is 0 Å². The van der Waals surface area contributed by atoms with Crippen LogP contribution in [0.2, 0.25) is 0 Å². The number of aromatic nitrogens is 1. The van der Waals surface area contributed by atoms with Crippen LogP contribution in [0.4, 0.5) is 8.78 Å².